The maximum absolute atomic E-state index is 12.8. The number of amides is 1. The monoisotopic (exact) mass is 334 g/mol. The van der Waals surface area contributed by atoms with E-state index in [2.05, 4.69) is 12.2 Å². The summed E-state index contributed by atoms with van der Waals surface area (Å²) in [7, 11) is 0. The summed E-state index contributed by atoms with van der Waals surface area (Å²) < 4.78 is 0. The first-order valence-corrected chi connectivity index (χ1v) is 7.99. The second-order valence-electron chi connectivity index (χ2n) is 5.26. The van der Waals surface area contributed by atoms with Crippen LogP contribution < -0.4 is 5.32 Å². The molecule has 0 fully saturated rings. The average molecular weight is 335 g/mol. The van der Waals surface area contributed by atoms with Gasteiger partial charge in [-0.05, 0) is 36.2 Å². The summed E-state index contributed by atoms with van der Waals surface area (Å²) in [5, 5.41) is 4.43. The number of halogens is 2. The summed E-state index contributed by atoms with van der Waals surface area (Å²) in [4.78, 5) is 14.6. The molecule has 1 amide bonds. The minimum absolute atomic E-state index is 0.0345. The highest BCUT2D eigenvalue weighted by atomic mass is 35.5. The van der Waals surface area contributed by atoms with Gasteiger partial charge in [0, 0.05) is 12.2 Å². The van der Waals surface area contributed by atoms with E-state index in [1.165, 1.54) is 0 Å². The zero-order chi connectivity index (χ0) is 15.7. The zero-order valence-electron chi connectivity index (χ0n) is 12.1. The van der Waals surface area contributed by atoms with Gasteiger partial charge in [0.05, 0.1) is 15.6 Å². The third-order valence-electron chi connectivity index (χ3n) is 3.75. The Morgan fingerprint density at radius 1 is 1.14 bits per heavy atom. The molecule has 0 spiro atoms. The molecule has 3 nitrogen and oxygen atoms in total. The summed E-state index contributed by atoms with van der Waals surface area (Å²) in [6.07, 6.45) is 0.644. The Labute approximate surface area is 139 Å². The van der Waals surface area contributed by atoms with Crippen LogP contribution in [0.4, 0.5) is 5.69 Å². The average Bonchev–Trinajstić information content (AvgIpc) is 2.53. The number of nitrogens with one attached hydrogen (secondary N) is 1. The van der Waals surface area contributed by atoms with Crippen molar-refractivity contribution in [2.75, 3.05) is 11.9 Å². The summed E-state index contributed by atoms with van der Waals surface area (Å²) in [6.45, 7) is 2.73. The first-order valence-electron chi connectivity index (χ1n) is 7.23. The predicted molar refractivity (Wildman–Crippen MR) is 90.6 cm³/mol. The Bertz CT molecular complexity index is 718. The number of hydrogen-bond donors (Lipinski definition) is 1. The molecule has 1 heterocycles. The van der Waals surface area contributed by atoms with Crippen molar-refractivity contribution in [3.8, 4) is 0 Å². The van der Waals surface area contributed by atoms with Crippen molar-refractivity contribution >= 4 is 34.8 Å². The molecule has 0 unspecified atom stereocenters. The Morgan fingerprint density at radius 2 is 1.91 bits per heavy atom. The summed E-state index contributed by atoms with van der Waals surface area (Å²) >= 11 is 12.1. The van der Waals surface area contributed by atoms with Crippen LogP contribution in [0.2, 0.25) is 10.0 Å². The van der Waals surface area contributed by atoms with E-state index in [4.69, 9.17) is 23.2 Å². The molecule has 1 aliphatic heterocycles. The Kier molecular flexibility index (Phi) is 4.27. The molecule has 2 aromatic carbocycles. The Balaban J connectivity index is 2.05. The van der Waals surface area contributed by atoms with E-state index in [1.807, 2.05) is 41.3 Å². The van der Waals surface area contributed by atoms with Gasteiger partial charge in [-0.15, -0.1) is 0 Å². The van der Waals surface area contributed by atoms with Gasteiger partial charge in [0.25, 0.3) is 5.91 Å². The van der Waals surface area contributed by atoms with Crippen LogP contribution in [0.1, 0.15) is 35.4 Å². The summed E-state index contributed by atoms with van der Waals surface area (Å²) in [5.74, 6) is 0.0345. The van der Waals surface area contributed by atoms with Gasteiger partial charge in [-0.25, -0.2) is 0 Å². The molecule has 1 atom stereocenters. The van der Waals surface area contributed by atoms with Crippen LogP contribution in [0.3, 0.4) is 0 Å². The number of fused-ring (bicyclic) bond motifs is 1. The van der Waals surface area contributed by atoms with Crippen LogP contribution in [-0.4, -0.2) is 17.4 Å². The number of para-hydroxylation sites is 1. The van der Waals surface area contributed by atoms with Gasteiger partial charge >= 0.3 is 0 Å². The van der Waals surface area contributed by atoms with E-state index in [-0.39, 0.29) is 12.1 Å². The van der Waals surface area contributed by atoms with Crippen molar-refractivity contribution in [2.45, 2.75) is 19.5 Å². The van der Waals surface area contributed by atoms with Gasteiger partial charge in [0.15, 0.2) is 0 Å². The molecule has 0 saturated heterocycles. The van der Waals surface area contributed by atoms with Gasteiger partial charge in [0.1, 0.15) is 6.17 Å². The standard InChI is InChI=1S/C17H16Cl2N2O/c1-2-9-21-16(11-7-8-13(18)14(19)10-11)20-15-6-4-3-5-12(15)17(21)22/h3-8,10,16,20H,2,9H2,1H3/t16-/m1/s1. The van der Waals surface area contributed by atoms with E-state index < -0.39 is 0 Å². The highest BCUT2D eigenvalue weighted by Crippen LogP contribution is 2.35. The lowest BCUT2D eigenvalue weighted by Crippen LogP contribution is -2.43. The number of hydrogen-bond acceptors (Lipinski definition) is 2. The molecule has 1 N–H and O–H groups in total. The summed E-state index contributed by atoms with van der Waals surface area (Å²) in [5.41, 5.74) is 2.47. The maximum Gasteiger partial charge on any atom is 0.257 e. The van der Waals surface area contributed by atoms with Crippen molar-refractivity contribution < 1.29 is 4.79 Å². The summed E-state index contributed by atoms with van der Waals surface area (Å²) in [6, 6.07) is 13.0. The number of carbonyl (C=O) groups is 1. The van der Waals surface area contributed by atoms with Crippen molar-refractivity contribution in [3.05, 3.63) is 63.6 Å². The normalized spacial score (nSPS) is 17.1. The number of anilines is 1. The molecule has 0 radical (unpaired) electrons. The molecule has 22 heavy (non-hydrogen) atoms. The molecule has 114 valence electrons. The van der Waals surface area contributed by atoms with Crippen molar-refractivity contribution in [1.29, 1.82) is 0 Å². The molecule has 0 aliphatic carbocycles. The van der Waals surface area contributed by atoms with Gasteiger partial charge in [0.2, 0.25) is 0 Å². The lowest BCUT2D eigenvalue weighted by molar-refractivity contribution is 0.0683. The van der Waals surface area contributed by atoms with E-state index in [1.54, 1.807) is 6.07 Å². The Hall–Kier alpha value is -1.71. The fraction of sp³-hybridized carbons (Fsp3) is 0.235. The number of benzene rings is 2. The fourth-order valence-electron chi connectivity index (χ4n) is 2.71. The molecule has 5 heteroatoms. The molecular weight excluding hydrogens is 319 g/mol. The molecule has 0 saturated carbocycles. The van der Waals surface area contributed by atoms with Crippen LogP contribution >= 0.6 is 23.2 Å². The van der Waals surface area contributed by atoms with Crippen LogP contribution in [0, 0.1) is 0 Å². The van der Waals surface area contributed by atoms with Gasteiger partial charge in [-0.1, -0.05) is 48.3 Å². The number of carbonyl (C=O) groups excluding carboxylic acids is 1. The molecule has 1 aliphatic rings. The SMILES string of the molecule is CCCN1C(=O)c2ccccc2N[C@H]1c1ccc(Cl)c(Cl)c1. The van der Waals surface area contributed by atoms with E-state index >= 15 is 0 Å². The minimum Gasteiger partial charge on any atom is -0.361 e. The van der Waals surface area contributed by atoms with Gasteiger partial charge in [-0.2, -0.15) is 0 Å². The van der Waals surface area contributed by atoms with E-state index in [0.29, 0.717) is 22.2 Å². The topological polar surface area (TPSA) is 32.3 Å². The second kappa shape index (κ2) is 6.19. The smallest absolute Gasteiger partial charge is 0.257 e. The highest BCUT2D eigenvalue weighted by Gasteiger charge is 2.32. The van der Waals surface area contributed by atoms with E-state index in [0.717, 1.165) is 17.7 Å². The second-order valence-corrected chi connectivity index (χ2v) is 6.08. The lowest BCUT2D eigenvalue weighted by Gasteiger charge is -2.38. The first kappa shape index (κ1) is 15.2. The van der Waals surface area contributed by atoms with Crippen LogP contribution in [-0.2, 0) is 0 Å². The fourth-order valence-corrected chi connectivity index (χ4v) is 3.02. The Morgan fingerprint density at radius 3 is 2.64 bits per heavy atom. The van der Waals surface area contributed by atoms with Crippen molar-refractivity contribution in [1.82, 2.24) is 4.90 Å². The molecular formula is C17H16Cl2N2O. The quantitative estimate of drug-likeness (QED) is 0.859. The third kappa shape index (κ3) is 2.67. The molecule has 0 bridgehead atoms. The third-order valence-corrected chi connectivity index (χ3v) is 4.49. The lowest BCUT2D eigenvalue weighted by atomic mass is 10.0. The molecule has 0 aromatic heterocycles. The van der Waals surface area contributed by atoms with Crippen LogP contribution in [0.25, 0.3) is 0 Å². The maximum atomic E-state index is 12.8. The molecule has 2 aromatic rings. The van der Waals surface area contributed by atoms with E-state index in [9.17, 15) is 4.79 Å². The molecule has 3 rings (SSSR count). The largest absolute Gasteiger partial charge is 0.361 e. The van der Waals surface area contributed by atoms with Crippen LogP contribution in [0.5, 0.6) is 0 Å². The van der Waals surface area contributed by atoms with Crippen molar-refractivity contribution in [2.24, 2.45) is 0 Å². The van der Waals surface area contributed by atoms with Gasteiger partial charge in [-0.3, -0.25) is 4.79 Å². The first-order chi connectivity index (χ1) is 10.6. The zero-order valence-corrected chi connectivity index (χ0v) is 13.7. The number of nitrogens with zero attached hydrogens (tertiary/aromatic N) is 1. The van der Waals surface area contributed by atoms with Crippen LogP contribution in [0.15, 0.2) is 42.5 Å². The number of rotatable bonds is 3. The minimum atomic E-state index is -0.239. The van der Waals surface area contributed by atoms with Crippen molar-refractivity contribution in [3.63, 3.8) is 0 Å². The van der Waals surface area contributed by atoms with Gasteiger partial charge < -0.3 is 10.2 Å². The highest BCUT2D eigenvalue weighted by molar-refractivity contribution is 6.42. The predicted octanol–water partition coefficient (Wildman–Crippen LogP) is 4.97.